The molecule has 0 aliphatic carbocycles. The van der Waals surface area contributed by atoms with E-state index in [0.29, 0.717) is 5.25 Å². The zero-order valence-corrected chi connectivity index (χ0v) is 13.3. The van der Waals surface area contributed by atoms with Gasteiger partial charge in [0.1, 0.15) is 0 Å². The molecule has 1 atom stereocenters. The van der Waals surface area contributed by atoms with Crippen LogP contribution in [0, 0.1) is 0 Å². The standard InChI is InChI=1S/C13H15BrN2S2/c1-10(7-15-9-12-3-2-6-17-12)18-13-5-4-11(14)8-16-13/h2-6,8,10,15H,7,9H2,1H3. The van der Waals surface area contributed by atoms with Crippen LogP contribution in [0.15, 0.2) is 45.3 Å². The van der Waals surface area contributed by atoms with Crippen molar-refractivity contribution in [3.63, 3.8) is 0 Å². The zero-order chi connectivity index (χ0) is 12.8. The van der Waals surface area contributed by atoms with Gasteiger partial charge in [-0.25, -0.2) is 4.98 Å². The Morgan fingerprint density at radius 3 is 3.00 bits per heavy atom. The first-order valence-corrected chi connectivity index (χ1v) is 8.30. The summed E-state index contributed by atoms with van der Waals surface area (Å²) in [4.78, 5) is 5.75. The second-order valence-electron chi connectivity index (χ2n) is 3.95. The minimum atomic E-state index is 0.513. The maximum atomic E-state index is 4.37. The summed E-state index contributed by atoms with van der Waals surface area (Å²) in [5.74, 6) is 0. The Bertz CT molecular complexity index is 456. The number of hydrogen-bond donors (Lipinski definition) is 1. The molecule has 0 spiro atoms. The zero-order valence-electron chi connectivity index (χ0n) is 10.1. The fourth-order valence-corrected chi connectivity index (χ4v) is 3.27. The molecule has 2 aromatic heterocycles. The van der Waals surface area contributed by atoms with Gasteiger partial charge in [-0.2, -0.15) is 0 Å². The van der Waals surface area contributed by atoms with Crippen molar-refractivity contribution in [2.75, 3.05) is 6.54 Å². The lowest BCUT2D eigenvalue weighted by Gasteiger charge is -2.11. The highest BCUT2D eigenvalue weighted by Gasteiger charge is 2.05. The summed E-state index contributed by atoms with van der Waals surface area (Å²) in [5.41, 5.74) is 0. The molecule has 1 unspecified atom stereocenters. The van der Waals surface area contributed by atoms with Crippen molar-refractivity contribution in [1.82, 2.24) is 10.3 Å². The molecule has 2 aromatic rings. The molecule has 2 rings (SSSR count). The molecule has 0 fully saturated rings. The summed E-state index contributed by atoms with van der Waals surface area (Å²) in [6.07, 6.45) is 1.84. The molecule has 0 amide bonds. The second kappa shape index (κ2) is 7.28. The van der Waals surface area contributed by atoms with Crippen molar-refractivity contribution >= 4 is 39.0 Å². The van der Waals surface area contributed by atoms with Gasteiger partial charge in [-0.1, -0.05) is 13.0 Å². The van der Waals surface area contributed by atoms with Crippen LogP contribution in [0.5, 0.6) is 0 Å². The molecule has 2 nitrogen and oxygen atoms in total. The van der Waals surface area contributed by atoms with Crippen molar-refractivity contribution in [2.24, 2.45) is 0 Å². The van der Waals surface area contributed by atoms with Gasteiger partial charge in [0, 0.05) is 33.9 Å². The topological polar surface area (TPSA) is 24.9 Å². The first kappa shape index (κ1) is 14.1. The smallest absolute Gasteiger partial charge is 0.0963 e. The highest BCUT2D eigenvalue weighted by atomic mass is 79.9. The Morgan fingerprint density at radius 2 is 2.33 bits per heavy atom. The van der Waals surface area contributed by atoms with Gasteiger partial charge in [0.15, 0.2) is 0 Å². The number of pyridine rings is 1. The number of thiophene rings is 1. The van der Waals surface area contributed by atoms with E-state index in [4.69, 9.17) is 0 Å². The molecule has 0 radical (unpaired) electrons. The fraction of sp³-hybridized carbons (Fsp3) is 0.308. The van der Waals surface area contributed by atoms with Gasteiger partial charge < -0.3 is 5.32 Å². The monoisotopic (exact) mass is 342 g/mol. The predicted octanol–water partition coefficient (Wildman–Crippen LogP) is 4.18. The van der Waals surface area contributed by atoms with Gasteiger partial charge in [0.25, 0.3) is 0 Å². The highest BCUT2D eigenvalue weighted by molar-refractivity contribution is 9.10. The maximum Gasteiger partial charge on any atom is 0.0963 e. The number of rotatable bonds is 6. The molecule has 96 valence electrons. The van der Waals surface area contributed by atoms with Gasteiger partial charge in [-0.3, -0.25) is 0 Å². The third-order valence-corrected chi connectivity index (χ3v) is 4.73. The largest absolute Gasteiger partial charge is 0.311 e. The lowest BCUT2D eigenvalue weighted by Crippen LogP contribution is -2.21. The normalized spacial score (nSPS) is 12.6. The molecule has 0 saturated carbocycles. The summed E-state index contributed by atoms with van der Waals surface area (Å²) in [5, 5.41) is 7.17. The van der Waals surface area contributed by atoms with Crippen LogP contribution >= 0.6 is 39.0 Å². The molecule has 18 heavy (non-hydrogen) atoms. The average Bonchev–Trinajstić information content (AvgIpc) is 2.85. The quantitative estimate of drug-likeness (QED) is 0.797. The molecule has 0 saturated heterocycles. The molecular formula is C13H15BrN2S2. The van der Waals surface area contributed by atoms with E-state index in [-0.39, 0.29) is 0 Å². The predicted molar refractivity (Wildman–Crippen MR) is 83.3 cm³/mol. The summed E-state index contributed by atoms with van der Waals surface area (Å²) < 4.78 is 1.02. The summed E-state index contributed by atoms with van der Waals surface area (Å²) in [6, 6.07) is 8.32. The average molecular weight is 343 g/mol. The number of aromatic nitrogens is 1. The van der Waals surface area contributed by atoms with Gasteiger partial charge in [0.05, 0.1) is 5.03 Å². The van der Waals surface area contributed by atoms with Crippen LogP contribution in [0.4, 0.5) is 0 Å². The lowest BCUT2D eigenvalue weighted by atomic mass is 10.4. The summed E-state index contributed by atoms with van der Waals surface area (Å²) in [7, 11) is 0. The van der Waals surface area contributed by atoms with E-state index in [1.807, 2.05) is 18.3 Å². The molecule has 0 aliphatic heterocycles. The van der Waals surface area contributed by atoms with Crippen molar-refractivity contribution in [2.45, 2.75) is 23.7 Å². The number of nitrogens with one attached hydrogen (secondary N) is 1. The molecule has 5 heteroatoms. The minimum Gasteiger partial charge on any atom is -0.311 e. The van der Waals surface area contributed by atoms with Gasteiger partial charge in [0.2, 0.25) is 0 Å². The fourth-order valence-electron chi connectivity index (χ4n) is 1.49. The Kier molecular flexibility index (Phi) is 5.69. The van der Waals surface area contributed by atoms with E-state index in [0.717, 1.165) is 22.6 Å². The number of nitrogens with zero attached hydrogens (tertiary/aromatic N) is 1. The number of halogens is 1. The van der Waals surface area contributed by atoms with Crippen LogP contribution in [0.1, 0.15) is 11.8 Å². The van der Waals surface area contributed by atoms with E-state index in [2.05, 4.69) is 50.7 Å². The Labute approximate surface area is 124 Å². The third kappa shape index (κ3) is 4.72. The van der Waals surface area contributed by atoms with Crippen molar-refractivity contribution in [3.8, 4) is 0 Å². The molecule has 0 aliphatic rings. The van der Waals surface area contributed by atoms with Crippen LogP contribution in [0.25, 0.3) is 0 Å². The van der Waals surface area contributed by atoms with E-state index in [1.54, 1.807) is 23.1 Å². The Morgan fingerprint density at radius 1 is 1.44 bits per heavy atom. The molecule has 2 heterocycles. The number of hydrogen-bond acceptors (Lipinski definition) is 4. The first-order chi connectivity index (χ1) is 8.74. The summed E-state index contributed by atoms with van der Waals surface area (Å²) >= 11 is 6.98. The van der Waals surface area contributed by atoms with Gasteiger partial charge >= 0.3 is 0 Å². The van der Waals surface area contributed by atoms with Gasteiger partial charge in [-0.15, -0.1) is 23.1 Å². The minimum absolute atomic E-state index is 0.513. The molecular weight excluding hydrogens is 328 g/mol. The highest BCUT2D eigenvalue weighted by Crippen LogP contribution is 2.21. The van der Waals surface area contributed by atoms with Crippen LogP contribution < -0.4 is 5.32 Å². The third-order valence-electron chi connectivity index (χ3n) is 2.33. The van der Waals surface area contributed by atoms with Crippen LogP contribution in [0.3, 0.4) is 0 Å². The molecule has 0 bridgehead atoms. The van der Waals surface area contributed by atoms with E-state index >= 15 is 0 Å². The van der Waals surface area contributed by atoms with Crippen LogP contribution in [-0.2, 0) is 6.54 Å². The lowest BCUT2D eigenvalue weighted by molar-refractivity contribution is 0.690. The van der Waals surface area contributed by atoms with E-state index in [1.165, 1.54) is 4.88 Å². The Balaban J connectivity index is 1.71. The van der Waals surface area contributed by atoms with Crippen molar-refractivity contribution in [3.05, 3.63) is 45.2 Å². The maximum absolute atomic E-state index is 4.37. The molecule has 0 aromatic carbocycles. The second-order valence-corrected chi connectivity index (χ2v) is 7.36. The van der Waals surface area contributed by atoms with Crippen LogP contribution in [0.2, 0.25) is 0 Å². The van der Waals surface area contributed by atoms with Crippen molar-refractivity contribution < 1.29 is 0 Å². The first-order valence-electron chi connectivity index (χ1n) is 5.75. The van der Waals surface area contributed by atoms with E-state index < -0.39 is 0 Å². The molecule has 1 N–H and O–H groups in total. The number of thioether (sulfide) groups is 1. The van der Waals surface area contributed by atoms with Crippen LogP contribution in [-0.4, -0.2) is 16.8 Å². The summed E-state index contributed by atoms with van der Waals surface area (Å²) in [6.45, 7) is 4.16. The SMILES string of the molecule is CC(CNCc1cccs1)Sc1ccc(Br)cn1. The Hall–Kier alpha value is -0.360. The van der Waals surface area contributed by atoms with Gasteiger partial charge in [-0.05, 0) is 39.5 Å². The van der Waals surface area contributed by atoms with E-state index in [9.17, 15) is 0 Å². The van der Waals surface area contributed by atoms with Crippen molar-refractivity contribution in [1.29, 1.82) is 0 Å².